The first-order valence-corrected chi connectivity index (χ1v) is 10.5. The van der Waals surface area contributed by atoms with Crippen LogP contribution < -0.4 is 0 Å². The van der Waals surface area contributed by atoms with E-state index in [1.807, 2.05) is 13.0 Å². The molecule has 0 aromatic heterocycles. The SMILES string of the molecule is CCOC(=O)CC1CN(SI)CCN1Cc1ccccc1. The Morgan fingerprint density at radius 1 is 1.38 bits per heavy atom. The summed E-state index contributed by atoms with van der Waals surface area (Å²) >= 11 is 2.31. The maximum Gasteiger partial charge on any atom is 0.307 e. The first-order valence-electron chi connectivity index (χ1n) is 7.20. The van der Waals surface area contributed by atoms with Crippen LogP contribution in [0.25, 0.3) is 0 Å². The van der Waals surface area contributed by atoms with Crippen molar-refractivity contribution in [2.75, 3.05) is 26.2 Å². The minimum Gasteiger partial charge on any atom is -0.466 e. The van der Waals surface area contributed by atoms with E-state index in [4.69, 9.17) is 4.74 Å². The van der Waals surface area contributed by atoms with Gasteiger partial charge in [-0.25, -0.2) is 4.31 Å². The molecule has 1 aromatic carbocycles. The number of carbonyl (C=O) groups excluding carboxylic acids is 1. The number of rotatable bonds is 6. The van der Waals surface area contributed by atoms with Crippen LogP contribution in [0.1, 0.15) is 18.9 Å². The Labute approximate surface area is 142 Å². The molecule has 0 amide bonds. The summed E-state index contributed by atoms with van der Waals surface area (Å²) in [6.45, 7) is 6.11. The number of nitrogens with zero attached hydrogens (tertiary/aromatic N) is 2. The van der Waals surface area contributed by atoms with Crippen LogP contribution in [0.3, 0.4) is 0 Å². The molecule has 0 N–H and O–H groups in total. The second-order valence-electron chi connectivity index (χ2n) is 5.08. The van der Waals surface area contributed by atoms with Gasteiger partial charge in [-0.2, -0.15) is 0 Å². The third kappa shape index (κ3) is 5.43. The lowest BCUT2D eigenvalue weighted by molar-refractivity contribution is -0.145. The Hall–Kier alpha value is -0.310. The molecule has 1 aliphatic rings. The lowest BCUT2D eigenvalue weighted by Crippen LogP contribution is -2.51. The highest BCUT2D eigenvalue weighted by atomic mass is 127. The normalized spacial score (nSPS) is 20.4. The van der Waals surface area contributed by atoms with Gasteiger partial charge in [0.05, 0.1) is 13.0 Å². The van der Waals surface area contributed by atoms with Crippen molar-refractivity contribution in [3.8, 4) is 0 Å². The molecule has 4 nitrogen and oxygen atoms in total. The molecule has 1 aliphatic heterocycles. The van der Waals surface area contributed by atoms with Gasteiger partial charge >= 0.3 is 5.97 Å². The highest BCUT2D eigenvalue weighted by molar-refractivity contribution is 14.2. The lowest BCUT2D eigenvalue weighted by Gasteiger charge is -2.39. The van der Waals surface area contributed by atoms with Gasteiger partial charge in [0.1, 0.15) is 0 Å². The summed E-state index contributed by atoms with van der Waals surface area (Å²) in [6.07, 6.45) is 0.467. The van der Waals surface area contributed by atoms with Crippen molar-refractivity contribution >= 4 is 36.3 Å². The molecule has 0 saturated carbocycles. The number of halogens is 1. The van der Waals surface area contributed by atoms with Gasteiger partial charge in [-0.15, -0.1) is 0 Å². The summed E-state index contributed by atoms with van der Waals surface area (Å²) in [5.41, 5.74) is 1.29. The van der Waals surface area contributed by atoms with Crippen molar-refractivity contribution in [1.29, 1.82) is 0 Å². The topological polar surface area (TPSA) is 32.8 Å². The van der Waals surface area contributed by atoms with E-state index in [0.717, 1.165) is 26.2 Å². The highest BCUT2D eigenvalue weighted by Crippen LogP contribution is 2.25. The van der Waals surface area contributed by atoms with Crippen molar-refractivity contribution in [2.45, 2.75) is 25.9 Å². The molecule has 0 spiro atoms. The number of esters is 1. The summed E-state index contributed by atoms with van der Waals surface area (Å²) < 4.78 is 7.43. The summed E-state index contributed by atoms with van der Waals surface area (Å²) in [4.78, 5) is 14.2. The fourth-order valence-electron chi connectivity index (χ4n) is 2.56. The second-order valence-corrected chi connectivity index (χ2v) is 6.91. The fourth-order valence-corrected chi connectivity index (χ4v) is 4.01. The first-order chi connectivity index (χ1) is 10.2. The van der Waals surface area contributed by atoms with Crippen LogP contribution in [0.15, 0.2) is 30.3 Å². The zero-order valence-corrected chi connectivity index (χ0v) is 15.2. The molecule has 1 heterocycles. The summed E-state index contributed by atoms with van der Waals surface area (Å²) in [7, 11) is 1.72. The average molecular weight is 420 g/mol. The van der Waals surface area contributed by atoms with Gasteiger partial charge in [0.25, 0.3) is 0 Å². The molecule has 0 bridgehead atoms. The smallest absolute Gasteiger partial charge is 0.307 e. The number of carbonyl (C=O) groups is 1. The number of piperazine rings is 1. The van der Waals surface area contributed by atoms with Gasteiger partial charge < -0.3 is 4.74 Å². The van der Waals surface area contributed by atoms with Crippen molar-refractivity contribution in [3.63, 3.8) is 0 Å². The van der Waals surface area contributed by atoms with Crippen LogP contribution in [0.4, 0.5) is 0 Å². The van der Waals surface area contributed by atoms with Crippen LogP contribution in [0.2, 0.25) is 0 Å². The van der Waals surface area contributed by atoms with E-state index in [9.17, 15) is 4.79 Å². The largest absolute Gasteiger partial charge is 0.466 e. The zero-order valence-electron chi connectivity index (χ0n) is 12.2. The standard InChI is InChI=1S/C15H21IN2O2S/c1-2-20-15(19)10-14-12-18(21-16)9-8-17(14)11-13-6-4-3-5-7-13/h3-7,14H,2,8-12H2,1H3. The monoisotopic (exact) mass is 420 g/mol. The maximum atomic E-state index is 11.8. The van der Waals surface area contributed by atoms with Gasteiger partial charge in [0.15, 0.2) is 0 Å². The van der Waals surface area contributed by atoms with Gasteiger partial charge in [-0.05, 0) is 21.6 Å². The molecule has 116 valence electrons. The fraction of sp³-hybridized carbons (Fsp3) is 0.533. The molecule has 1 aromatic rings. The van der Waals surface area contributed by atoms with E-state index in [2.05, 4.69) is 54.7 Å². The summed E-state index contributed by atoms with van der Waals surface area (Å²) in [5.74, 6) is -0.0964. The van der Waals surface area contributed by atoms with Gasteiger partial charge in [-0.1, -0.05) is 30.3 Å². The third-order valence-corrected chi connectivity index (χ3v) is 5.80. The van der Waals surface area contributed by atoms with E-state index < -0.39 is 0 Å². The van der Waals surface area contributed by atoms with E-state index in [1.54, 1.807) is 9.12 Å². The number of benzene rings is 1. The van der Waals surface area contributed by atoms with Crippen molar-refractivity contribution < 1.29 is 9.53 Å². The molecular formula is C15H21IN2O2S. The van der Waals surface area contributed by atoms with Crippen molar-refractivity contribution in [1.82, 2.24) is 9.21 Å². The molecule has 1 atom stereocenters. The van der Waals surface area contributed by atoms with E-state index in [0.29, 0.717) is 13.0 Å². The van der Waals surface area contributed by atoms with Crippen LogP contribution in [-0.2, 0) is 16.1 Å². The average Bonchev–Trinajstić information content (AvgIpc) is 2.50. The van der Waals surface area contributed by atoms with Crippen molar-refractivity contribution in [2.24, 2.45) is 0 Å². The van der Waals surface area contributed by atoms with Crippen LogP contribution in [0, 0.1) is 0 Å². The molecular weight excluding hydrogens is 399 g/mol. The molecule has 1 unspecified atom stereocenters. The molecule has 0 aliphatic carbocycles. The summed E-state index contributed by atoms with van der Waals surface area (Å²) in [5, 5.41) is 0. The number of hydrogen-bond donors (Lipinski definition) is 0. The molecule has 2 rings (SSSR count). The predicted octanol–water partition coefficient (Wildman–Crippen LogP) is 3.12. The van der Waals surface area contributed by atoms with Crippen LogP contribution in [0.5, 0.6) is 0 Å². The molecule has 21 heavy (non-hydrogen) atoms. The highest BCUT2D eigenvalue weighted by Gasteiger charge is 2.29. The Balaban J connectivity index is 2.00. The summed E-state index contributed by atoms with van der Waals surface area (Å²) in [6, 6.07) is 10.7. The van der Waals surface area contributed by atoms with Gasteiger partial charge in [-0.3, -0.25) is 9.69 Å². The predicted molar refractivity (Wildman–Crippen MR) is 95.1 cm³/mol. The second kappa shape index (κ2) is 8.97. The lowest BCUT2D eigenvalue weighted by atomic mass is 10.1. The number of hydrogen-bond acceptors (Lipinski definition) is 5. The molecule has 1 fully saturated rings. The molecule has 0 radical (unpaired) electrons. The minimum atomic E-state index is -0.0964. The van der Waals surface area contributed by atoms with E-state index >= 15 is 0 Å². The Morgan fingerprint density at radius 3 is 2.81 bits per heavy atom. The van der Waals surface area contributed by atoms with E-state index in [1.165, 1.54) is 5.56 Å². The zero-order chi connectivity index (χ0) is 15.1. The Bertz CT molecular complexity index is 447. The maximum absolute atomic E-state index is 11.8. The van der Waals surface area contributed by atoms with Crippen molar-refractivity contribution in [3.05, 3.63) is 35.9 Å². The molecule has 6 heteroatoms. The minimum absolute atomic E-state index is 0.0964. The number of ether oxygens (including phenoxy) is 1. The molecule has 1 saturated heterocycles. The van der Waals surface area contributed by atoms with E-state index in [-0.39, 0.29) is 12.0 Å². The Kier molecular flexibility index (Phi) is 7.28. The Morgan fingerprint density at radius 2 is 2.14 bits per heavy atom. The van der Waals surface area contributed by atoms with Crippen LogP contribution >= 0.6 is 30.3 Å². The van der Waals surface area contributed by atoms with Gasteiger partial charge in [0, 0.05) is 53.4 Å². The van der Waals surface area contributed by atoms with Gasteiger partial charge in [0.2, 0.25) is 0 Å². The quantitative estimate of drug-likeness (QED) is 0.401. The van der Waals surface area contributed by atoms with Crippen LogP contribution in [-0.4, -0.2) is 47.5 Å². The third-order valence-electron chi connectivity index (χ3n) is 3.60. The first kappa shape index (κ1) is 17.1.